The first-order valence-corrected chi connectivity index (χ1v) is 14.8. The number of hydrogen-bond donors (Lipinski definition) is 2. The van der Waals surface area contributed by atoms with Crippen molar-refractivity contribution >= 4 is 46.7 Å². The lowest BCUT2D eigenvalue weighted by Gasteiger charge is -2.42. The Morgan fingerprint density at radius 1 is 1.29 bits per heavy atom. The number of ether oxygens (including phenoxy) is 1. The molecular formula is C28H32ClFN6O5S. The number of carboxylic acid groups (broad SMARTS) is 1. The predicted octanol–water partition coefficient (Wildman–Crippen LogP) is 3.52. The summed E-state index contributed by atoms with van der Waals surface area (Å²) in [5.74, 6) is -2.10. The Balaban J connectivity index is 1.58. The van der Waals surface area contributed by atoms with Gasteiger partial charge in [-0.3, -0.25) is 14.7 Å². The summed E-state index contributed by atoms with van der Waals surface area (Å²) in [7, 11) is 0. The normalized spacial score (nSPS) is 23.0. The molecule has 3 aliphatic heterocycles. The molecule has 5 rings (SSSR count). The Morgan fingerprint density at radius 3 is 2.69 bits per heavy atom. The number of aliphatic carboxylic acids is 1. The molecule has 2 aromatic rings. The van der Waals surface area contributed by atoms with Gasteiger partial charge < -0.3 is 25.0 Å². The maximum atomic E-state index is 14.6. The number of hydrogen-bond acceptors (Lipinski definition) is 9. The highest BCUT2D eigenvalue weighted by Gasteiger charge is 2.52. The monoisotopic (exact) mass is 618 g/mol. The van der Waals surface area contributed by atoms with Crippen LogP contribution < -0.4 is 5.32 Å². The lowest BCUT2D eigenvalue weighted by molar-refractivity contribution is -0.147. The Morgan fingerprint density at radius 2 is 2.05 bits per heavy atom. The molecule has 2 saturated heterocycles. The highest BCUT2D eigenvalue weighted by molar-refractivity contribution is 7.11. The van der Waals surface area contributed by atoms with Crippen molar-refractivity contribution in [1.29, 1.82) is 0 Å². The van der Waals surface area contributed by atoms with Crippen LogP contribution in [0.5, 0.6) is 0 Å². The Hall–Kier alpha value is -3.55. The molecule has 0 spiro atoms. The second-order valence-corrected chi connectivity index (χ2v) is 12.4. The van der Waals surface area contributed by atoms with E-state index in [-0.39, 0.29) is 48.4 Å². The summed E-state index contributed by atoms with van der Waals surface area (Å²) in [6, 6.07) is 1.40. The van der Waals surface area contributed by atoms with Crippen LogP contribution in [0.4, 0.5) is 9.18 Å². The van der Waals surface area contributed by atoms with Crippen LogP contribution in [0.3, 0.4) is 0 Å². The van der Waals surface area contributed by atoms with Gasteiger partial charge in [-0.05, 0) is 33.8 Å². The van der Waals surface area contributed by atoms with Crippen molar-refractivity contribution in [2.24, 2.45) is 4.99 Å². The van der Waals surface area contributed by atoms with E-state index < -0.39 is 41.4 Å². The van der Waals surface area contributed by atoms with Crippen molar-refractivity contribution in [2.75, 3.05) is 32.8 Å². The molecule has 2 amide bonds. The lowest BCUT2D eigenvalue weighted by Crippen LogP contribution is -2.62. The number of thiazole rings is 1. The number of urea groups is 1. The number of halogens is 2. The van der Waals surface area contributed by atoms with Gasteiger partial charge >= 0.3 is 18.0 Å². The standard InChI is InChI=1S/C28H32ClFN6O5S/c1-5-41-26(39)19-17(13-34-10-11-35-18(22(34)25(37)38)14-36(27(35)40)28(2,3)4)32-23(24-31-9-12-42-24)33-21(19)15-7-6-8-16(30)20(15)29/h6-9,12,18,21-22H,5,10-11,13-14H2,1-4H3,(H,32,33)(H,37,38)/t18?,21-,22+/m0/s1. The fourth-order valence-electron chi connectivity index (χ4n) is 5.65. The number of benzene rings is 1. The van der Waals surface area contributed by atoms with Gasteiger partial charge in [0.25, 0.3) is 0 Å². The van der Waals surface area contributed by atoms with E-state index in [2.05, 4.69) is 10.3 Å². The molecule has 0 aliphatic carbocycles. The minimum atomic E-state index is -1.08. The second-order valence-electron chi connectivity index (χ2n) is 11.2. The van der Waals surface area contributed by atoms with Gasteiger partial charge in [0.05, 0.1) is 23.2 Å². The molecule has 2 N–H and O–H groups in total. The third-order valence-corrected chi connectivity index (χ3v) is 8.77. The van der Waals surface area contributed by atoms with Gasteiger partial charge in [0.2, 0.25) is 0 Å². The van der Waals surface area contributed by atoms with E-state index in [0.717, 1.165) is 0 Å². The minimum absolute atomic E-state index is 0.00695. The largest absolute Gasteiger partial charge is 0.480 e. The fourth-order valence-corrected chi connectivity index (χ4v) is 6.47. The number of esters is 1. The summed E-state index contributed by atoms with van der Waals surface area (Å²) in [6.07, 6.45) is 1.61. The summed E-state index contributed by atoms with van der Waals surface area (Å²) in [6.45, 7) is 8.28. The summed E-state index contributed by atoms with van der Waals surface area (Å²) in [4.78, 5) is 53.5. The van der Waals surface area contributed by atoms with Gasteiger partial charge in [-0.2, -0.15) is 0 Å². The van der Waals surface area contributed by atoms with E-state index in [1.807, 2.05) is 20.8 Å². The quantitative estimate of drug-likeness (QED) is 0.451. The number of carboxylic acids is 1. The zero-order chi connectivity index (χ0) is 30.3. The zero-order valence-corrected chi connectivity index (χ0v) is 25.2. The number of aliphatic imine (C=N–C) groups is 1. The zero-order valence-electron chi connectivity index (χ0n) is 23.6. The molecule has 1 aromatic heterocycles. The summed E-state index contributed by atoms with van der Waals surface area (Å²) in [5, 5.41) is 15.7. The predicted molar refractivity (Wildman–Crippen MR) is 155 cm³/mol. The number of rotatable bonds is 7. The highest BCUT2D eigenvalue weighted by atomic mass is 35.5. The van der Waals surface area contributed by atoms with Crippen molar-refractivity contribution in [1.82, 2.24) is 25.0 Å². The van der Waals surface area contributed by atoms with Crippen LogP contribution in [-0.2, 0) is 14.3 Å². The molecule has 3 atom stereocenters. The molecule has 4 heterocycles. The van der Waals surface area contributed by atoms with Crippen LogP contribution in [0.25, 0.3) is 0 Å². The van der Waals surface area contributed by atoms with Crippen molar-refractivity contribution in [3.05, 3.63) is 62.5 Å². The van der Waals surface area contributed by atoms with Crippen LogP contribution in [0.2, 0.25) is 5.02 Å². The average Bonchev–Trinajstić information content (AvgIpc) is 3.58. The molecule has 3 aliphatic rings. The molecular weight excluding hydrogens is 587 g/mol. The van der Waals surface area contributed by atoms with Gasteiger partial charge in [-0.25, -0.2) is 19.0 Å². The van der Waals surface area contributed by atoms with Crippen molar-refractivity contribution in [3.8, 4) is 0 Å². The van der Waals surface area contributed by atoms with E-state index in [1.54, 1.807) is 39.3 Å². The van der Waals surface area contributed by atoms with Crippen LogP contribution in [-0.4, -0.2) is 99.0 Å². The Labute approximate surface area is 251 Å². The van der Waals surface area contributed by atoms with Crippen LogP contribution in [0, 0.1) is 5.82 Å². The van der Waals surface area contributed by atoms with Gasteiger partial charge in [0.1, 0.15) is 17.9 Å². The van der Waals surface area contributed by atoms with Crippen molar-refractivity contribution in [2.45, 2.75) is 51.4 Å². The topological polar surface area (TPSA) is 128 Å². The third-order valence-electron chi connectivity index (χ3n) is 7.59. The summed E-state index contributed by atoms with van der Waals surface area (Å²) in [5.41, 5.74) is 0.212. The highest BCUT2D eigenvalue weighted by Crippen LogP contribution is 2.38. The number of nitrogens with zero attached hydrogens (tertiary/aromatic N) is 5. The number of fused-ring (bicyclic) bond motifs is 1. The molecule has 11 nitrogen and oxygen atoms in total. The number of amides is 2. The molecule has 1 unspecified atom stereocenters. The molecule has 0 bridgehead atoms. The smallest absolute Gasteiger partial charge is 0.338 e. The molecule has 2 fully saturated rings. The Bertz CT molecular complexity index is 1460. The second kappa shape index (κ2) is 11.6. The summed E-state index contributed by atoms with van der Waals surface area (Å²) < 4.78 is 20.0. The van der Waals surface area contributed by atoms with Crippen molar-refractivity contribution in [3.63, 3.8) is 0 Å². The van der Waals surface area contributed by atoms with Crippen LogP contribution in [0.15, 0.2) is 46.0 Å². The van der Waals surface area contributed by atoms with Gasteiger partial charge in [0.15, 0.2) is 10.8 Å². The number of piperazine rings is 1. The molecule has 14 heteroatoms. The number of amidine groups is 1. The van der Waals surface area contributed by atoms with Gasteiger partial charge in [-0.1, -0.05) is 23.7 Å². The molecule has 224 valence electrons. The molecule has 42 heavy (non-hydrogen) atoms. The number of carbonyl (C=O) groups excluding carboxylic acids is 2. The van der Waals surface area contributed by atoms with E-state index >= 15 is 0 Å². The number of aromatic nitrogens is 1. The van der Waals surface area contributed by atoms with Crippen LogP contribution >= 0.6 is 22.9 Å². The molecule has 1 aromatic carbocycles. The third kappa shape index (κ3) is 5.48. The van der Waals surface area contributed by atoms with Crippen molar-refractivity contribution < 1.29 is 28.6 Å². The lowest BCUT2D eigenvalue weighted by atomic mass is 9.94. The minimum Gasteiger partial charge on any atom is -0.480 e. The van der Waals surface area contributed by atoms with E-state index in [1.165, 1.54) is 23.5 Å². The maximum Gasteiger partial charge on any atom is 0.338 e. The number of carbonyl (C=O) groups is 3. The first-order chi connectivity index (χ1) is 19.9. The molecule has 0 radical (unpaired) electrons. The first kappa shape index (κ1) is 29.9. The first-order valence-electron chi connectivity index (χ1n) is 13.6. The van der Waals surface area contributed by atoms with E-state index in [4.69, 9.17) is 21.3 Å². The van der Waals surface area contributed by atoms with Crippen LogP contribution in [0.1, 0.15) is 44.3 Å². The summed E-state index contributed by atoms with van der Waals surface area (Å²) >= 11 is 7.71. The Kier molecular flexibility index (Phi) is 8.28. The fraction of sp³-hybridized carbons (Fsp3) is 0.464. The van der Waals surface area contributed by atoms with E-state index in [0.29, 0.717) is 23.1 Å². The number of nitrogens with one attached hydrogen (secondary N) is 1. The molecule has 0 saturated carbocycles. The maximum absolute atomic E-state index is 14.6. The van der Waals surface area contributed by atoms with Gasteiger partial charge in [0, 0.05) is 54.6 Å². The van der Waals surface area contributed by atoms with E-state index in [9.17, 15) is 23.9 Å². The average molecular weight is 619 g/mol. The van der Waals surface area contributed by atoms with Gasteiger partial charge in [-0.15, -0.1) is 11.3 Å². The SMILES string of the molecule is CCOC(=O)C1=C(CN2CCN3C(=O)N(C(C)(C)C)CC3[C@@H]2C(=O)O)NC(c2nccs2)=N[C@H]1c1cccc(F)c1Cl.